The highest BCUT2D eigenvalue weighted by Crippen LogP contribution is 2.25. The van der Waals surface area contributed by atoms with E-state index >= 15 is 0 Å². The van der Waals surface area contributed by atoms with Crippen molar-refractivity contribution in [2.75, 3.05) is 0 Å². The van der Waals surface area contributed by atoms with Gasteiger partial charge in [-0.1, -0.05) is 43.1 Å². The predicted octanol–water partition coefficient (Wildman–Crippen LogP) is 3.48. The van der Waals surface area contributed by atoms with Crippen LogP contribution in [-0.4, -0.2) is 29.7 Å². The number of halogens is 2. The van der Waals surface area contributed by atoms with E-state index in [1.54, 1.807) is 12.1 Å². The van der Waals surface area contributed by atoms with Crippen molar-refractivity contribution in [2.24, 2.45) is 11.7 Å². The van der Waals surface area contributed by atoms with E-state index in [-0.39, 0.29) is 17.4 Å². The lowest BCUT2D eigenvalue weighted by atomic mass is 10.0. The minimum Gasteiger partial charge on any atom is -0.368 e. The molecule has 1 heterocycles. The molecule has 0 bridgehead atoms. The van der Waals surface area contributed by atoms with Crippen molar-refractivity contribution >= 4 is 39.1 Å². The monoisotopic (exact) mass is 429 g/mol. The Hall–Kier alpha value is -1.67. The van der Waals surface area contributed by atoms with Crippen LogP contribution in [0, 0.1) is 5.92 Å². The molecule has 9 heteroatoms. The highest BCUT2D eigenvalue weighted by atomic mass is 35.5. The number of sulfonamides is 1. The molecule has 0 aliphatic heterocycles. The smallest absolute Gasteiger partial charge is 0.244 e. The van der Waals surface area contributed by atoms with Gasteiger partial charge in [0.25, 0.3) is 0 Å². The van der Waals surface area contributed by atoms with E-state index in [0.717, 1.165) is 4.31 Å². The quantitative estimate of drug-likeness (QED) is 0.649. The zero-order chi connectivity index (χ0) is 20.2. The fraction of sp³-hybridized carbons (Fsp3) is 0.333. The molecule has 0 saturated heterocycles. The summed E-state index contributed by atoms with van der Waals surface area (Å²) < 4.78 is 27.7. The number of hydrogen-bond donors (Lipinski definition) is 1. The Morgan fingerprint density at radius 3 is 2.26 bits per heavy atom. The van der Waals surface area contributed by atoms with Crippen molar-refractivity contribution in [1.82, 2.24) is 9.29 Å². The summed E-state index contributed by atoms with van der Waals surface area (Å²) in [6, 6.07) is 7.99. The molecule has 1 aromatic heterocycles. The second kappa shape index (κ2) is 9.01. The van der Waals surface area contributed by atoms with E-state index < -0.39 is 22.0 Å². The van der Waals surface area contributed by atoms with Gasteiger partial charge in [0.05, 0.1) is 4.90 Å². The maximum absolute atomic E-state index is 13.3. The normalized spacial score (nSPS) is 13.1. The molecule has 2 aromatic rings. The van der Waals surface area contributed by atoms with Crippen LogP contribution in [0.2, 0.25) is 10.2 Å². The molecule has 146 valence electrons. The number of aromatic nitrogens is 1. The molecule has 2 N–H and O–H groups in total. The molecule has 2 rings (SSSR count). The molecule has 1 amide bonds. The fourth-order valence-electron chi connectivity index (χ4n) is 2.61. The van der Waals surface area contributed by atoms with Crippen LogP contribution in [0.5, 0.6) is 0 Å². The molecule has 0 spiro atoms. The summed E-state index contributed by atoms with van der Waals surface area (Å²) >= 11 is 11.7. The van der Waals surface area contributed by atoms with Crippen molar-refractivity contribution < 1.29 is 13.2 Å². The molecule has 0 radical (unpaired) electrons. The van der Waals surface area contributed by atoms with Gasteiger partial charge < -0.3 is 5.73 Å². The SMILES string of the molecule is CC(C)C[C@H](C(N)=O)N(Cc1ccc(Cl)nc1)S(=O)(=O)c1ccc(Cl)cc1. The van der Waals surface area contributed by atoms with Crippen molar-refractivity contribution in [2.45, 2.75) is 37.8 Å². The minimum atomic E-state index is -4.00. The van der Waals surface area contributed by atoms with Crippen LogP contribution in [0.1, 0.15) is 25.8 Å². The Bertz CT molecular complexity index is 885. The molecule has 0 fully saturated rings. The van der Waals surface area contributed by atoms with Crippen molar-refractivity contribution in [1.29, 1.82) is 0 Å². The zero-order valence-corrected chi connectivity index (χ0v) is 17.3. The van der Waals surface area contributed by atoms with Gasteiger partial charge in [-0.3, -0.25) is 4.79 Å². The lowest BCUT2D eigenvalue weighted by Crippen LogP contribution is -2.48. The van der Waals surface area contributed by atoms with Gasteiger partial charge >= 0.3 is 0 Å². The van der Waals surface area contributed by atoms with Crippen LogP contribution in [-0.2, 0) is 21.4 Å². The van der Waals surface area contributed by atoms with Crippen LogP contribution >= 0.6 is 23.2 Å². The second-order valence-corrected chi connectivity index (χ2v) is 9.26. The van der Waals surface area contributed by atoms with Gasteiger partial charge in [0, 0.05) is 17.8 Å². The lowest BCUT2D eigenvalue weighted by Gasteiger charge is -2.30. The lowest BCUT2D eigenvalue weighted by molar-refractivity contribution is -0.122. The number of benzene rings is 1. The number of nitrogens with two attached hydrogens (primary N) is 1. The van der Waals surface area contributed by atoms with Crippen LogP contribution in [0.3, 0.4) is 0 Å². The summed E-state index contributed by atoms with van der Waals surface area (Å²) in [5.74, 6) is -0.642. The first-order valence-corrected chi connectivity index (χ1v) is 10.5. The molecule has 0 unspecified atom stereocenters. The molecule has 0 aliphatic rings. The topological polar surface area (TPSA) is 93.4 Å². The standard InChI is InChI=1S/C18H21Cl2N3O3S/c1-12(2)9-16(18(21)24)23(11-13-3-8-17(20)22-10-13)27(25,26)15-6-4-14(19)5-7-15/h3-8,10,12,16H,9,11H2,1-2H3,(H2,21,24)/t16-/m1/s1. The first kappa shape index (κ1) is 21.6. The fourth-order valence-corrected chi connectivity index (χ4v) is 4.44. The summed E-state index contributed by atoms with van der Waals surface area (Å²) in [4.78, 5) is 16.1. The Morgan fingerprint density at radius 2 is 1.78 bits per heavy atom. The molecule has 6 nitrogen and oxygen atoms in total. The first-order valence-electron chi connectivity index (χ1n) is 8.28. The van der Waals surface area contributed by atoms with Crippen molar-refractivity contribution in [3.05, 3.63) is 58.3 Å². The van der Waals surface area contributed by atoms with Gasteiger partial charge in [-0.25, -0.2) is 13.4 Å². The Kier molecular flexibility index (Phi) is 7.22. The molecular formula is C18H21Cl2N3O3S. The van der Waals surface area contributed by atoms with E-state index in [1.165, 1.54) is 30.5 Å². The van der Waals surface area contributed by atoms with Crippen LogP contribution in [0.4, 0.5) is 0 Å². The number of amides is 1. The summed E-state index contributed by atoms with van der Waals surface area (Å²) in [5, 5.41) is 0.704. The number of carbonyl (C=O) groups is 1. The molecule has 0 saturated carbocycles. The van der Waals surface area contributed by atoms with E-state index in [9.17, 15) is 13.2 Å². The van der Waals surface area contributed by atoms with E-state index in [4.69, 9.17) is 28.9 Å². The average molecular weight is 430 g/mol. The van der Waals surface area contributed by atoms with Crippen LogP contribution in [0.25, 0.3) is 0 Å². The van der Waals surface area contributed by atoms with Crippen molar-refractivity contribution in [3.63, 3.8) is 0 Å². The Morgan fingerprint density at radius 1 is 1.15 bits per heavy atom. The molecule has 27 heavy (non-hydrogen) atoms. The van der Waals surface area contributed by atoms with Crippen molar-refractivity contribution in [3.8, 4) is 0 Å². The molecule has 1 atom stereocenters. The highest BCUT2D eigenvalue weighted by molar-refractivity contribution is 7.89. The second-order valence-electron chi connectivity index (χ2n) is 6.54. The van der Waals surface area contributed by atoms with Gasteiger partial charge in [-0.2, -0.15) is 4.31 Å². The first-order chi connectivity index (χ1) is 12.6. The Labute approximate surface area is 169 Å². The number of nitrogens with zero attached hydrogens (tertiary/aromatic N) is 2. The molecule has 0 aliphatic carbocycles. The highest BCUT2D eigenvalue weighted by Gasteiger charge is 2.35. The van der Waals surface area contributed by atoms with Gasteiger partial charge in [0.1, 0.15) is 11.2 Å². The number of pyridine rings is 1. The third-order valence-electron chi connectivity index (χ3n) is 3.92. The molecular weight excluding hydrogens is 409 g/mol. The largest absolute Gasteiger partial charge is 0.368 e. The third-order valence-corrected chi connectivity index (χ3v) is 6.26. The minimum absolute atomic E-state index is 0.0313. The van der Waals surface area contributed by atoms with E-state index in [1.807, 2.05) is 13.8 Å². The number of primary amides is 1. The van der Waals surface area contributed by atoms with E-state index in [0.29, 0.717) is 22.2 Å². The predicted molar refractivity (Wildman–Crippen MR) is 106 cm³/mol. The summed E-state index contributed by atoms with van der Waals surface area (Å²) in [6.07, 6.45) is 1.77. The van der Waals surface area contributed by atoms with Crippen LogP contribution < -0.4 is 5.73 Å². The molecule has 1 aromatic carbocycles. The van der Waals surface area contributed by atoms with Crippen LogP contribution in [0.15, 0.2) is 47.5 Å². The Balaban J connectivity index is 2.51. The summed E-state index contributed by atoms with van der Waals surface area (Å²) in [5.41, 5.74) is 6.15. The summed E-state index contributed by atoms with van der Waals surface area (Å²) in [7, 11) is -4.00. The van der Waals surface area contributed by atoms with Gasteiger partial charge in [-0.05, 0) is 48.2 Å². The number of hydrogen-bond acceptors (Lipinski definition) is 4. The number of carbonyl (C=O) groups excluding carboxylic acids is 1. The maximum Gasteiger partial charge on any atom is 0.244 e. The van der Waals surface area contributed by atoms with Gasteiger partial charge in [0.2, 0.25) is 15.9 Å². The van der Waals surface area contributed by atoms with E-state index in [2.05, 4.69) is 4.98 Å². The van der Waals surface area contributed by atoms with Gasteiger partial charge in [-0.15, -0.1) is 0 Å². The maximum atomic E-state index is 13.3. The third kappa shape index (κ3) is 5.65. The number of rotatable bonds is 8. The summed E-state index contributed by atoms with van der Waals surface area (Å²) in [6.45, 7) is 3.73. The average Bonchev–Trinajstić information content (AvgIpc) is 2.59. The van der Waals surface area contributed by atoms with Gasteiger partial charge in [0.15, 0.2) is 0 Å². The zero-order valence-electron chi connectivity index (χ0n) is 15.0.